The number of aryl methyl sites for hydroxylation is 1. The highest BCUT2D eigenvalue weighted by Crippen LogP contribution is 2.35. The van der Waals surface area contributed by atoms with Crippen molar-refractivity contribution in [3.63, 3.8) is 0 Å². The van der Waals surface area contributed by atoms with Crippen LogP contribution in [-0.4, -0.2) is 21.6 Å². The van der Waals surface area contributed by atoms with Crippen molar-refractivity contribution in [1.29, 1.82) is 0 Å². The molecule has 0 atom stereocenters. The summed E-state index contributed by atoms with van der Waals surface area (Å²) >= 11 is 1.42. The van der Waals surface area contributed by atoms with Crippen LogP contribution in [0.25, 0.3) is 32.9 Å². The van der Waals surface area contributed by atoms with E-state index >= 15 is 0 Å². The number of hydrogen-bond acceptors (Lipinski definition) is 5. The number of nitrogens with zero attached hydrogens (tertiary/aromatic N) is 2. The third kappa shape index (κ3) is 2.50. The van der Waals surface area contributed by atoms with Crippen molar-refractivity contribution < 1.29 is 4.74 Å². The molecule has 5 rings (SSSR count). The van der Waals surface area contributed by atoms with E-state index in [2.05, 4.69) is 16.0 Å². The van der Waals surface area contributed by atoms with E-state index < -0.39 is 0 Å². The lowest BCUT2D eigenvalue weighted by Gasteiger charge is -2.17. The van der Waals surface area contributed by atoms with Crippen LogP contribution in [0.5, 0.6) is 5.75 Å². The highest BCUT2D eigenvalue weighted by atomic mass is 32.1. The van der Waals surface area contributed by atoms with E-state index in [9.17, 15) is 4.79 Å². The Morgan fingerprint density at radius 1 is 1.19 bits per heavy atom. The zero-order valence-electron chi connectivity index (χ0n) is 13.9. The van der Waals surface area contributed by atoms with Gasteiger partial charge in [-0.3, -0.25) is 9.78 Å². The van der Waals surface area contributed by atoms with Gasteiger partial charge < -0.3 is 9.72 Å². The summed E-state index contributed by atoms with van der Waals surface area (Å²) in [6, 6.07) is 11.8. The van der Waals surface area contributed by atoms with Gasteiger partial charge in [0.2, 0.25) is 0 Å². The number of benzene rings is 1. The van der Waals surface area contributed by atoms with Crippen LogP contribution in [0.1, 0.15) is 12.0 Å². The summed E-state index contributed by atoms with van der Waals surface area (Å²) < 4.78 is 6.34. The van der Waals surface area contributed by atoms with Crippen molar-refractivity contribution in [3.05, 3.63) is 63.9 Å². The van der Waals surface area contributed by atoms with Gasteiger partial charge in [-0.1, -0.05) is 12.1 Å². The maximum Gasteiger partial charge on any atom is 0.269 e. The largest absolute Gasteiger partial charge is 0.493 e. The van der Waals surface area contributed by atoms with Gasteiger partial charge in [-0.2, -0.15) is 0 Å². The number of ether oxygens (including phenoxy) is 1. The molecular weight excluding hydrogens is 346 g/mol. The van der Waals surface area contributed by atoms with E-state index in [1.54, 1.807) is 6.20 Å². The average Bonchev–Trinajstić information content (AvgIpc) is 3.13. The lowest BCUT2D eigenvalue weighted by Crippen LogP contribution is -2.09. The number of rotatable bonds is 2. The van der Waals surface area contributed by atoms with Crippen molar-refractivity contribution in [3.8, 4) is 28.4 Å². The molecule has 0 saturated carbocycles. The molecule has 0 bridgehead atoms. The predicted molar refractivity (Wildman–Crippen MR) is 103 cm³/mol. The molecule has 26 heavy (non-hydrogen) atoms. The van der Waals surface area contributed by atoms with Gasteiger partial charge in [0.25, 0.3) is 5.56 Å². The van der Waals surface area contributed by atoms with Gasteiger partial charge in [-0.25, -0.2) is 4.98 Å². The molecule has 128 valence electrons. The Labute approximate surface area is 153 Å². The first-order valence-corrected chi connectivity index (χ1v) is 9.36. The number of fused-ring (bicyclic) bond motifs is 2. The van der Waals surface area contributed by atoms with E-state index in [4.69, 9.17) is 9.72 Å². The predicted octanol–water partition coefficient (Wildman–Crippen LogP) is 4.04. The van der Waals surface area contributed by atoms with Crippen LogP contribution < -0.4 is 10.3 Å². The van der Waals surface area contributed by atoms with E-state index in [-0.39, 0.29) is 5.56 Å². The van der Waals surface area contributed by atoms with Gasteiger partial charge in [-0.05, 0) is 48.2 Å². The van der Waals surface area contributed by atoms with Crippen LogP contribution >= 0.6 is 11.3 Å². The molecule has 6 heteroatoms. The molecule has 0 radical (unpaired) electrons. The third-order valence-electron chi connectivity index (χ3n) is 4.55. The molecule has 3 aromatic heterocycles. The Bertz CT molecular complexity index is 1160. The molecule has 0 saturated heterocycles. The molecule has 1 aliphatic rings. The first-order chi connectivity index (χ1) is 12.8. The average molecular weight is 361 g/mol. The second-order valence-electron chi connectivity index (χ2n) is 6.23. The Kier molecular flexibility index (Phi) is 3.57. The molecule has 1 aromatic carbocycles. The minimum Gasteiger partial charge on any atom is -0.493 e. The molecular formula is C20H15N3O2S. The molecule has 1 N–H and O–H groups in total. The molecule has 0 fully saturated rings. The van der Waals surface area contributed by atoms with Crippen molar-refractivity contribution in [2.75, 3.05) is 6.61 Å². The molecule has 4 aromatic rings. The number of hydrogen-bond donors (Lipinski definition) is 1. The number of H-pyrrole nitrogens is 1. The fraction of sp³-hybridized carbons (Fsp3) is 0.150. The summed E-state index contributed by atoms with van der Waals surface area (Å²) in [7, 11) is 0. The van der Waals surface area contributed by atoms with Gasteiger partial charge in [0.15, 0.2) is 5.82 Å². The lowest BCUT2D eigenvalue weighted by molar-refractivity contribution is 0.288. The number of aromatic amines is 1. The standard InChI is InChI=1S/C20H15N3O2S/c24-20-18-17(22-19(23-20)15-5-1-2-8-21-15)14(11-26-18)12-6-7-16-13(10-12)4-3-9-25-16/h1-2,5-8,10-11H,3-4,9H2,(H,22,23,24). The van der Waals surface area contributed by atoms with Crippen molar-refractivity contribution >= 4 is 21.6 Å². The number of pyridine rings is 1. The maximum absolute atomic E-state index is 12.5. The number of aromatic nitrogens is 3. The van der Waals surface area contributed by atoms with E-state index in [1.165, 1.54) is 16.9 Å². The lowest BCUT2D eigenvalue weighted by atomic mass is 10.00. The first-order valence-electron chi connectivity index (χ1n) is 8.48. The van der Waals surface area contributed by atoms with E-state index in [0.717, 1.165) is 41.8 Å². The Balaban J connectivity index is 1.69. The number of thiophene rings is 1. The second-order valence-corrected chi connectivity index (χ2v) is 7.11. The maximum atomic E-state index is 12.5. The molecule has 0 amide bonds. The van der Waals surface area contributed by atoms with Crippen LogP contribution in [0.2, 0.25) is 0 Å². The number of nitrogens with one attached hydrogen (secondary N) is 1. The Hall–Kier alpha value is -2.99. The molecule has 1 aliphatic heterocycles. The summed E-state index contributed by atoms with van der Waals surface area (Å²) in [5.74, 6) is 1.45. The SMILES string of the molecule is O=c1[nH]c(-c2ccccn2)nc2c(-c3ccc4c(c3)CCCO4)csc12. The summed E-state index contributed by atoms with van der Waals surface area (Å²) in [6.07, 6.45) is 3.73. The third-order valence-corrected chi connectivity index (χ3v) is 5.52. The van der Waals surface area contributed by atoms with Crippen molar-refractivity contribution in [2.45, 2.75) is 12.8 Å². The zero-order valence-corrected chi connectivity index (χ0v) is 14.7. The fourth-order valence-corrected chi connectivity index (χ4v) is 4.19. The topological polar surface area (TPSA) is 67.9 Å². The van der Waals surface area contributed by atoms with Gasteiger partial charge in [0.05, 0.1) is 12.1 Å². The Morgan fingerprint density at radius 2 is 2.15 bits per heavy atom. The van der Waals surface area contributed by atoms with Gasteiger partial charge in [-0.15, -0.1) is 11.3 Å². The monoisotopic (exact) mass is 361 g/mol. The molecule has 0 spiro atoms. The Morgan fingerprint density at radius 3 is 3.04 bits per heavy atom. The van der Waals surface area contributed by atoms with Crippen molar-refractivity contribution in [1.82, 2.24) is 15.0 Å². The first kappa shape index (κ1) is 15.3. The van der Waals surface area contributed by atoms with Gasteiger partial charge >= 0.3 is 0 Å². The quantitative estimate of drug-likeness (QED) is 0.585. The minimum atomic E-state index is -0.131. The zero-order chi connectivity index (χ0) is 17.5. The highest BCUT2D eigenvalue weighted by Gasteiger charge is 2.16. The molecule has 4 heterocycles. The molecule has 0 unspecified atom stereocenters. The van der Waals surface area contributed by atoms with Gasteiger partial charge in [0.1, 0.15) is 16.1 Å². The second kappa shape index (κ2) is 6.07. The summed E-state index contributed by atoms with van der Waals surface area (Å²) in [6.45, 7) is 0.776. The highest BCUT2D eigenvalue weighted by molar-refractivity contribution is 7.17. The van der Waals surface area contributed by atoms with Crippen molar-refractivity contribution in [2.24, 2.45) is 0 Å². The van der Waals surface area contributed by atoms with Crippen LogP contribution in [0, 0.1) is 0 Å². The molecule has 0 aliphatic carbocycles. The van der Waals surface area contributed by atoms with Crippen LogP contribution in [0.15, 0.2) is 52.8 Å². The minimum absolute atomic E-state index is 0.131. The molecule has 5 nitrogen and oxygen atoms in total. The normalized spacial score (nSPS) is 13.4. The van der Waals surface area contributed by atoms with E-state index in [1.807, 2.05) is 35.7 Å². The van der Waals surface area contributed by atoms with Gasteiger partial charge in [0, 0.05) is 17.1 Å². The van der Waals surface area contributed by atoms with E-state index in [0.29, 0.717) is 16.2 Å². The van der Waals surface area contributed by atoms with Crippen LogP contribution in [-0.2, 0) is 6.42 Å². The summed E-state index contributed by atoms with van der Waals surface area (Å²) in [4.78, 5) is 24.4. The summed E-state index contributed by atoms with van der Waals surface area (Å²) in [5.41, 5.74) is 4.49. The van der Waals surface area contributed by atoms with Crippen LogP contribution in [0.3, 0.4) is 0 Å². The van der Waals surface area contributed by atoms with Crippen LogP contribution in [0.4, 0.5) is 0 Å². The smallest absolute Gasteiger partial charge is 0.269 e. The summed E-state index contributed by atoms with van der Waals surface area (Å²) in [5, 5.41) is 2.00. The fourth-order valence-electron chi connectivity index (χ4n) is 3.28.